The van der Waals surface area contributed by atoms with E-state index >= 15 is 0 Å². The molecule has 0 bridgehead atoms. The number of rotatable bonds is 8. The summed E-state index contributed by atoms with van der Waals surface area (Å²) < 4.78 is 10.7. The van der Waals surface area contributed by atoms with Crippen LogP contribution >= 0.6 is 0 Å². The Kier molecular flexibility index (Phi) is 8.51. The van der Waals surface area contributed by atoms with E-state index in [1.54, 1.807) is 6.08 Å². The van der Waals surface area contributed by atoms with E-state index in [0.717, 1.165) is 19.6 Å². The largest absolute Gasteiger partial charge is 0.379 e. The summed E-state index contributed by atoms with van der Waals surface area (Å²) in [6, 6.07) is 0. The van der Waals surface area contributed by atoms with Crippen molar-refractivity contribution in [1.82, 2.24) is 0 Å². The maximum atomic E-state index is 5.49. The van der Waals surface area contributed by atoms with Crippen LogP contribution in [0.2, 0.25) is 0 Å². The molecule has 12 heavy (non-hydrogen) atoms. The summed E-state index contributed by atoms with van der Waals surface area (Å²) in [6.07, 6.45) is 4.14. The van der Waals surface area contributed by atoms with E-state index in [0.29, 0.717) is 6.61 Å². The first-order chi connectivity index (χ1) is 5.85. The fourth-order valence-corrected chi connectivity index (χ4v) is 0.797. The molecule has 72 valence electrons. The molecular weight excluding hydrogens is 152 g/mol. The van der Waals surface area contributed by atoms with Crippen LogP contribution in [0.3, 0.4) is 0 Å². The smallest absolute Gasteiger partial charge is 0.0986 e. The average molecular weight is 172 g/mol. The second-order valence-electron chi connectivity index (χ2n) is 2.66. The first-order valence-corrected chi connectivity index (χ1v) is 4.67. The van der Waals surface area contributed by atoms with Crippen LogP contribution in [-0.2, 0) is 9.47 Å². The molecule has 0 N–H and O–H groups in total. The highest BCUT2D eigenvalue weighted by molar-refractivity contribution is 4.79. The fourth-order valence-electron chi connectivity index (χ4n) is 0.797. The minimum Gasteiger partial charge on any atom is -0.379 e. The Bertz CT molecular complexity index is 102. The lowest BCUT2D eigenvalue weighted by molar-refractivity contribution is 0.0111. The van der Waals surface area contributed by atoms with Crippen LogP contribution in [0.25, 0.3) is 0 Å². The van der Waals surface area contributed by atoms with Crippen molar-refractivity contribution < 1.29 is 9.47 Å². The zero-order valence-corrected chi connectivity index (χ0v) is 8.21. The van der Waals surface area contributed by atoms with Crippen LogP contribution in [-0.4, -0.2) is 25.9 Å². The molecule has 0 aliphatic carbocycles. The van der Waals surface area contributed by atoms with Gasteiger partial charge in [-0.3, -0.25) is 0 Å². The van der Waals surface area contributed by atoms with Crippen LogP contribution in [0.5, 0.6) is 0 Å². The predicted molar refractivity (Wildman–Crippen MR) is 51.3 cm³/mol. The van der Waals surface area contributed by atoms with Gasteiger partial charge in [0.15, 0.2) is 0 Å². The van der Waals surface area contributed by atoms with Crippen LogP contribution in [0, 0.1) is 0 Å². The van der Waals surface area contributed by atoms with Gasteiger partial charge in [-0.25, -0.2) is 0 Å². The Balaban J connectivity index is 3.32. The summed E-state index contributed by atoms with van der Waals surface area (Å²) in [7, 11) is 0. The van der Waals surface area contributed by atoms with Gasteiger partial charge in [-0.1, -0.05) is 19.4 Å². The van der Waals surface area contributed by atoms with Crippen molar-refractivity contribution in [1.29, 1.82) is 0 Å². The molecule has 0 saturated carbocycles. The molecule has 0 aromatic heterocycles. The highest BCUT2D eigenvalue weighted by Crippen LogP contribution is 1.97. The Morgan fingerprint density at radius 2 is 2.17 bits per heavy atom. The van der Waals surface area contributed by atoms with Crippen molar-refractivity contribution >= 4 is 0 Å². The molecule has 2 heteroatoms. The number of ether oxygens (including phenoxy) is 2. The van der Waals surface area contributed by atoms with Crippen molar-refractivity contribution in [3.05, 3.63) is 12.7 Å². The normalized spacial score (nSPS) is 12.8. The second-order valence-corrected chi connectivity index (χ2v) is 2.66. The molecule has 0 aliphatic rings. The molecule has 0 rings (SSSR count). The zero-order chi connectivity index (χ0) is 9.23. The average Bonchev–Trinajstić information content (AvgIpc) is 2.11. The van der Waals surface area contributed by atoms with Crippen molar-refractivity contribution in [2.75, 3.05) is 19.8 Å². The third-order valence-corrected chi connectivity index (χ3v) is 1.58. The Labute approximate surface area is 75.6 Å². The molecule has 0 radical (unpaired) electrons. The van der Waals surface area contributed by atoms with Gasteiger partial charge in [-0.05, 0) is 13.3 Å². The van der Waals surface area contributed by atoms with Crippen molar-refractivity contribution in [3.8, 4) is 0 Å². The number of hydrogen-bond acceptors (Lipinski definition) is 2. The Morgan fingerprint density at radius 3 is 2.67 bits per heavy atom. The highest BCUT2D eigenvalue weighted by Gasteiger charge is 2.02. The lowest BCUT2D eigenvalue weighted by Crippen LogP contribution is -2.17. The highest BCUT2D eigenvalue weighted by atomic mass is 16.5. The van der Waals surface area contributed by atoms with Gasteiger partial charge in [0, 0.05) is 13.2 Å². The molecular formula is C10H20O2. The molecule has 0 amide bonds. The van der Waals surface area contributed by atoms with E-state index in [-0.39, 0.29) is 6.10 Å². The summed E-state index contributed by atoms with van der Waals surface area (Å²) in [6.45, 7) is 9.99. The third-order valence-electron chi connectivity index (χ3n) is 1.58. The van der Waals surface area contributed by atoms with Crippen LogP contribution < -0.4 is 0 Å². The van der Waals surface area contributed by atoms with Crippen molar-refractivity contribution in [3.63, 3.8) is 0 Å². The third kappa shape index (κ3) is 6.38. The second kappa shape index (κ2) is 8.75. The molecule has 0 fully saturated rings. The molecule has 1 unspecified atom stereocenters. The Morgan fingerprint density at radius 1 is 1.42 bits per heavy atom. The summed E-state index contributed by atoms with van der Waals surface area (Å²) in [5.74, 6) is 0. The molecule has 2 nitrogen and oxygen atoms in total. The standard InChI is InChI=1S/C10H20O2/c1-4-7-8-12-10(5-2)9-11-6-3/h5,10H,2,4,6-9H2,1,3H3. The molecule has 0 aliphatic heterocycles. The van der Waals surface area contributed by atoms with Gasteiger partial charge in [0.25, 0.3) is 0 Å². The van der Waals surface area contributed by atoms with Gasteiger partial charge in [0.2, 0.25) is 0 Å². The SMILES string of the molecule is C=CC(COCC)OCCCC. The van der Waals surface area contributed by atoms with E-state index in [1.165, 1.54) is 6.42 Å². The lowest BCUT2D eigenvalue weighted by atomic mass is 10.3. The minimum atomic E-state index is 0.0662. The van der Waals surface area contributed by atoms with Crippen molar-refractivity contribution in [2.24, 2.45) is 0 Å². The molecule has 0 spiro atoms. The van der Waals surface area contributed by atoms with Gasteiger partial charge in [0.1, 0.15) is 0 Å². The summed E-state index contributed by atoms with van der Waals surface area (Å²) in [4.78, 5) is 0. The van der Waals surface area contributed by atoms with Crippen LogP contribution in [0.15, 0.2) is 12.7 Å². The summed E-state index contributed by atoms with van der Waals surface area (Å²) in [5, 5.41) is 0. The van der Waals surface area contributed by atoms with E-state index in [1.807, 2.05) is 6.92 Å². The lowest BCUT2D eigenvalue weighted by Gasteiger charge is -2.12. The van der Waals surface area contributed by atoms with E-state index < -0.39 is 0 Å². The maximum absolute atomic E-state index is 5.49. The van der Waals surface area contributed by atoms with E-state index in [2.05, 4.69) is 13.5 Å². The Hall–Kier alpha value is -0.340. The molecule has 0 heterocycles. The quantitative estimate of drug-likeness (QED) is 0.413. The van der Waals surface area contributed by atoms with Gasteiger partial charge >= 0.3 is 0 Å². The number of hydrogen-bond donors (Lipinski definition) is 0. The zero-order valence-electron chi connectivity index (χ0n) is 8.21. The van der Waals surface area contributed by atoms with Gasteiger partial charge in [-0.2, -0.15) is 0 Å². The monoisotopic (exact) mass is 172 g/mol. The van der Waals surface area contributed by atoms with Gasteiger partial charge in [0.05, 0.1) is 12.7 Å². The summed E-state index contributed by atoms with van der Waals surface area (Å²) >= 11 is 0. The molecule has 0 saturated heterocycles. The van der Waals surface area contributed by atoms with E-state index in [4.69, 9.17) is 9.47 Å². The van der Waals surface area contributed by atoms with Crippen molar-refractivity contribution in [2.45, 2.75) is 32.8 Å². The molecule has 1 atom stereocenters. The minimum absolute atomic E-state index is 0.0662. The number of unbranched alkanes of at least 4 members (excludes halogenated alkanes) is 1. The first kappa shape index (κ1) is 11.7. The maximum Gasteiger partial charge on any atom is 0.0986 e. The van der Waals surface area contributed by atoms with Crippen LogP contribution in [0.4, 0.5) is 0 Å². The fraction of sp³-hybridized carbons (Fsp3) is 0.800. The van der Waals surface area contributed by atoms with Gasteiger partial charge < -0.3 is 9.47 Å². The van der Waals surface area contributed by atoms with Crippen LogP contribution in [0.1, 0.15) is 26.7 Å². The van der Waals surface area contributed by atoms with Gasteiger partial charge in [-0.15, -0.1) is 6.58 Å². The molecule has 0 aromatic carbocycles. The molecule has 0 aromatic rings. The summed E-state index contributed by atoms with van der Waals surface area (Å²) in [5.41, 5.74) is 0. The first-order valence-electron chi connectivity index (χ1n) is 4.67. The topological polar surface area (TPSA) is 18.5 Å². The van der Waals surface area contributed by atoms with E-state index in [9.17, 15) is 0 Å². The predicted octanol–water partition coefficient (Wildman–Crippen LogP) is 2.39.